The lowest BCUT2D eigenvalue weighted by atomic mass is 9.70. The zero-order chi connectivity index (χ0) is 26.0. The summed E-state index contributed by atoms with van der Waals surface area (Å²) in [6.07, 6.45) is 0. The number of nitrogens with zero attached hydrogens (tertiary/aromatic N) is 1. The molecular formula is C38H27N. The maximum Gasteiger partial charge on any atom is 0.0726 e. The average molecular weight is 498 g/mol. The molecule has 1 heteroatoms. The Morgan fingerprint density at radius 1 is 0.410 bits per heavy atom. The van der Waals surface area contributed by atoms with Crippen molar-refractivity contribution >= 4 is 11.4 Å². The summed E-state index contributed by atoms with van der Waals surface area (Å²) in [4.78, 5) is 2.34. The molecule has 0 heterocycles. The van der Waals surface area contributed by atoms with E-state index in [0.717, 1.165) is 0 Å². The standard InChI is InChI=1S/C38H27N/c1-39(37-22-12-8-15-28(37)26-13-3-2-4-14-26)27-23-24-32-31-18-7-11-21-35(31)38(36(32)25-27)33-19-9-5-16-29(33)30-17-6-10-20-34(30)38/h2-25H,1H3. The quantitative estimate of drug-likeness (QED) is 0.235. The molecule has 0 N–H and O–H groups in total. The first-order valence-electron chi connectivity index (χ1n) is 13.6. The van der Waals surface area contributed by atoms with Gasteiger partial charge in [-0.15, -0.1) is 0 Å². The Morgan fingerprint density at radius 2 is 0.872 bits per heavy atom. The van der Waals surface area contributed by atoms with Gasteiger partial charge in [-0.2, -0.15) is 0 Å². The Hall–Kier alpha value is -4.88. The topological polar surface area (TPSA) is 3.24 Å². The van der Waals surface area contributed by atoms with Gasteiger partial charge in [-0.05, 0) is 68.3 Å². The van der Waals surface area contributed by atoms with Crippen LogP contribution in [0.1, 0.15) is 22.3 Å². The van der Waals surface area contributed by atoms with Gasteiger partial charge in [0.25, 0.3) is 0 Å². The van der Waals surface area contributed by atoms with Crippen LogP contribution in [0.2, 0.25) is 0 Å². The molecule has 2 aliphatic carbocycles. The molecule has 6 aromatic carbocycles. The lowest BCUT2D eigenvalue weighted by Gasteiger charge is -2.31. The van der Waals surface area contributed by atoms with Crippen molar-refractivity contribution in [2.75, 3.05) is 11.9 Å². The molecule has 0 aromatic heterocycles. The highest BCUT2D eigenvalue weighted by Gasteiger charge is 2.51. The van der Waals surface area contributed by atoms with Crippen LogP contribution in [0.25, 0.3) is 33.4 Å². The van der Waals surface area contributed by atoms with Gasteiger partial charge >= 0.3 is 0 Å². The molecular weight excluding hydrogens is 470 g/mol. The summed E-state index contributed by atoms with van der Waals surface area (Å²) in [5, 5.41) is 0. The van der Waals surface area contributed by atoms with Crippen molar-refractivity contribution in [2.45, 2.75) is 5.41 Å². The van der Waals surface area contributed by atoms with E-state index in [-0.39, 0.29) is 5.41 Å². The Kier molecular flexibility index (Phi) is 4.72. The summed E-state index contributed by atoms with van der Waals surface area (Å²) in [6, 6.07) is 53.4. The van der Waals surface area contributed by atoms with Gasteiger partial charge < -0.3 is 4.90 Å². The fourth-order valence-electron chi connectivity index (χ4n) is 7.06. The Bertz CT molecular complexity index is 1820. The normalized spacial score (nSPS) is 13.5. The number of hydrogen-bond acceptors (Lipinski definition) is 1. The van der Waals surface area contributed by atoms with E-state index < -0.39 is 0 Å². The van der Waals surface area contributed by atoms with Crippen molar-refractivity contribution < 1.29 is 0 Å². The molecule has 0 saturated carbocycles. The SMILES string of the molecule is CN(c1ccc2c(c1)C1(c3ccccc3-c3ccccc31)c1ccccc1-2)c1ccccc1-c1ccccc1. The van der Waals surface area contributed by atoms with E-state index in [9.17, 15) is 0 Å². The lowest BCUT2D eigenvalue weighted by molar-refractivity contribution is 0.793. The molecule has 6 aromatic rings. The Labute approximate surface area is 229 Å². The molecule has 0 aliphatic heterocycles. The molecule has 1 spiro atoms. The van der Waals surface area contributed by atoms with Crippen LogP contribution in [0.4, 0.5) is 11.4 Å². The third-order valence-electron chi connectivity index (χ3n) is 8.72. The van der Waals surface area contributed by atoms with Gasteiger partial charge in [-0.3, -0.25) is 0 Å². The summed E-state index contributed by atoms with van der Waals surface area (Å²) < 4.78 is 0. The first-order chi connectivity index (χ1) is 19.3. The highest BCUT2D eigenvalue weighted by Crippen LogP contribution is 2.63. The first-order valence-corrected chi connectivity index (χ1v) is 13.6. The summed E-state index contributed by atoms with van der Waals surface area (Å²) in [6.45, 7) is 0. The Morgan fingerprint density at radius 3 is 1.46 bits per heavy atom. The van der Waals surface area contributed by atoms with Gasteiger partial charge in [0.15, 0.2) is 0 Å². The van der Waals surface area contributed by atoms with Crippen LogP contribution in [0.3, 0.4) is 0 Å². The molecule has 1 nitrogen and oxygen atoms in total. The maximum atomic E-state index is 2.44. The van der Waals surface area contributed by atoms with Gasteiger partial charge in [0.1, 0.15) is 0 Å². The molecule has 0 bridgehead atoms. The van der Waals surface area contributed by atoms with E-state index in [4.69, 9.17) is 0 Å². The second kappa shape index (κ2) is 8.31. The van der Waals surface area contributed by atoms with Crippen LogP contribution < -0.4 is 4.90 Å². The number of benzene rings is 6. The lowest BCUT2D eigenvalue weighted by Crippen LogP contribution is -2.26. The van der Waals surface area contributed by atoms with Crippen LogP contribution in [-0.4, -0.2) is 7.05 Å². The fourth-order valence-corrected chi connectivity index (χ4v) is 7.06. The van der Waals surface area contributed by atoms with Crippen LogP contribution in [0.5, 0.6) is 0 Å². The van der Waals surface area contributed by atoms with Gasteiger partial charge in [0, 0.05) is 24.0 Å². The molecule has 39 heavy (non-hydrogen) atoms. The molecule has 0 fully saturated rings. The number of fused-ring (bicyclic) bond motifs is 10. The summed E-state index contributed by atoms with van der Waals surface area (Å²) in [5.74, 6) is 0. The van der Waals surface area contributed by atoms with Gasteiger partial charge in [-0.25, -0.2) is 0 Å². The van der Waals surface area contributed by atoms with E-state index in [1.165, 1.54) is 67.0 Å². The smallest absolute Gasteiger partial charge is 0.0726 e. The van der Waals surface area contributed by atoms with Gasteiger partial charge in [0.2, 0.25) is 0 Å². The van der Waals surface area contributed by atoms with Crippen LogP contribution in [0, 0.1) is 0 Å². The van der Waals surface area contributed by atoms with E-state index in [2.05, 4.69) is 158 Å². The summed E-state index contributed by atoms with van der Waals surface area (Å²) in [5.41, 5.74) is 15.3. The highest BCUT2D eigenvalue weighted by atomic mass is 15.1. The molecule has 8 rings (SSSR count). The highest BCUT2D eigenvalue weighted by molar-refractivity contribution is 5.96. The fraction of sp³-hybridized carbons (Fsp3) is 0.0526. The molecule has 0 radical (unpaired) electrons. The zero-order valence-corrected chi connectivity index (χ0v) is 21.8. The number of rotatable bonds is 3. The zero-order valence-electron chi connectivity index (χ0n) is 21.8. The monoisotopic (exact) mass is 497 g/mol. The summed E-state index contributed by atoms with van der Waals surface area (Å²) in [7, 11) is 2.19. The maximum absolute atomic E-state index is 2.44. The molecule has 0 amide bonds. The van der Waals surface area contributed by atoms with Gasteiger partial charge in [0.05, 0.1) is 5.41 Å². The minimum atomic E-state index is -0.324. The minimum absolute atomic E-state index is 0.324. The molecule has 0 unspecified atom stereocenters. The average Bonchev–Trinajstić information content (AvgIpc) is 3.48. The number of hydrogen-bond donors (Lipinski definition) is 0. The predicted octanol–water partition coefficient (Wildman–Crippen LogP) is 9.46. The molecule has 0 saturated heterocycles. The van der Waals surface area contributed by atoms with Crippen molar-refractivity contribution in [2.24, 2.45) is 0 Å². The molecule has 0 atom stereocenters. The van der Waals surface area contributed by atoms with Crippen molar-refractivity contribution in [3.63, 3.8) is 0 Å². The number of anilines is 2. The third kappa shape index (κ3) is 2.96. The van der Waals surface area contributed by atoms with Gasteiger partial charge in [-0.1, -0.05) is 127 Å². The third-order valence-corrected chi connectivity index (χ3v) is 8.72. The summed E-state index contributed by atoms with van der Waals surface area (Å²) >= 11 is 0. The Balaban J connectivity index is 1.38. The predicted molar refractivity (Wildman–Crippen MR) is 163 cm³/mol. The number of para-hydroxylation sites is 1. The first kappa shape index (κ1) is 22.1. The van der Waals surface area contributed by atoms with Crippen LogP contribution in [-0.2, 0) is 5.41 Å². The second-order valence-corrected chi connectivity index (χ2v) is 10.6. The van der Waals surface area contributed by atoms with Crippen molar-refractivity contribution in [3.8, 4) is 33.4 Å². The van der Waals surface area contributed by atoms with Crippen LogP contribution >= 0.6 is 0 Å². The molecule has 2 aliphatic rings. The minimum Gasteiger partial charge on any atom is -0.344 e. The van der Waals surface area contributed by atoms with Crippen molar-refractivity contribution in [3.05, 3.63) is 168 Å². The van der Waals surface area contributed by atoms with Crippen molar-refractivity contribution in [1.82, 2.24) is 0 Å². The van der Waals surface area contributed by atoms with Crippen molar-refractivity contribution in [1.29, 1.82) is 0 Å². The van der Waals surface area contributed by atoms with E-state index in [0.29, 0.717) is 0 Å². The van der Waals surface area contributed by atoms with E-state index >= 15 is 0 Å². The van der Waals surface area contributed by atoms with Crippen LogP contribution in [0.15, 0.2) is 146 Å². The van der Waals surface area contributed by atoms with E-state index in [1.807, 2.05) is 0 Å². The largest absolute Gasteiger partial charge is 0.344 e. The van der Waals surface area contributed by atoms with E-state index in [1.54, 1.807) is 0 Å². The molecule has 184 valence electrons. The second-order valence-electron chi connectivity index (χ2n) is 10.6.